The highest BCUT2D eigenvalue weighted by Crippen LogP contribution is 2.44. The van der Waals surface area contributed by atoms with Gasteiger partial charge in [-0.05, 0) is 31.6 Å². The fourth-order valence-electron chi connectivity index (χ4n) is 1.89. The highest BCUT2D eigenvalue weighted by Gasteiger charge is 2.27. The normalized spacial score (nSPS) is 34.9. The molecule has 0 amide bonds. The molecule has 0 saturated heterocycles. The predicted octanol–water partition coefficient (Wildman–Crippen LogP) is 2.51. The third kappa shape index (κ3) is 0.410. The molecule has 0 bridgehead atoms. The molecule has 0 unspecified atom stereocenters. The lowest BCUT2D eigenvalue weighted by Crippen LogP contribution is -2.01. The zero-order valence-corrected chi connectivity index (χ0v) is 5.41. The molecule has 0 nitrogen and oxygen atoms in total. The Morgan fingerprint density at radius 2 is 2.12 bits per heavy atom. The van der Waals surface area contributed by atoms with E-state index in [1.165, 1.54) is 25.7 Å². The van der Waals surface area contributed by atoms with Gasteiger partial charge in [0.05, 0.1) is 0 Å². The maximum absolute atomic E-state index is 2.36. The molecule has 0 aromatic carbocycles. The topological polar surface area (TPSA) is 0 Å². The van der Waals surface area contributed by atoms with Crippen molar-refractivity contribution in [1.29, 1.82) is 0 Å². The lowest BCUT2D eigenvalue weighted by atomic mass is 9.87. The molecule has 0 spiro atoms. The van der Waals surface area contributed by atoms with Gasteiger partial charge in [-0.25, -0.2) is 0 Å². The minimum Gasteiger partial charge on any atom is -0.0704 e. The first-order valence-electron chi connectivity index (χ1n) is 3.58. The lowest BCUT2D eigenvalue weighted by Gasteiger charge is -2.18. The van der Waals surface area contributed by atoms with Gasteiger partial charge in [0.1, 0.15) is 0 Å². The molecule has 0 aliphatic heterocycles. The van der Waals surface area contributed by atoms with Crippen molar-refractivity contribution < 1.29 is 0 Å². The zero-order chi connectivity index (χ0) is 5.56. The molecule has 8 heavy (non-hydrogen) atoms. The van der Waals surface area contributed by atoms with E-state index in [0.29, 0.717) is 0 Å². The minimum atomic E-state index is 0.957. The monoisotopic (exact) mass is 108 g/mol. The van der Waals surface area contributed by atoms with Crippen molar-refractivity contribution in [3.05, 3.63) is 11.1 Å². The molecule has 44 valence electrons. The van der Waals surface area contributed by atoms with E-state index in [1.54, 1.807) is 5.57 Å². The van der Waals surface area contributed by atoms with Crippen LogP contribution in [-0.2, 0) is 0 Å². The summed E-state index contributed by atoms with van der Waals surface area (Å²) in [5.41, 5.74) is 3.61. The van der Waals surface area contributed by atoms with Gasteiger partial charge in [0, 0.05) is 0 Å². The molecule has 0 heterocycles. The molecule has 1 atom stereocenters. The molecule has 0 aromatic heterocycles. The summed E-state index contributed by atoms with van der Waals surface area (Å²) in [6.45, 7) is 2.36. The van der Waals surface area contributed by atoms with Gasteiger partial charge in [-0.1, -0.05) is 18.1 Å². The molecule has 0 fully saturated rings. The van der Waals surface area contributed by atoms with Crippen LogP contribution in [0.15, 0.2) is 11.1 Å². The molecule has 0 radical (unpaired) electrons. The smallest absolute Gasteiger partial charge is 0.0226 e. The SMILES string of the molecule is C[C@@H]1CCC2=C1CC2. The molecular weight excluding hydrogens is 96.1 g/mol. The van der Waals surface area contributed by atoms with Crippen LogP contribution in [0.5, 0.6) is 0 Å². The van der Waals surface area contributed by atoms with Crippen molar-refractivity contribution in [3.8, 4) is 0 Å². The maximum Gasteiger partial charge on any atom is -0.0226 e. The second kappa shape index (κ2) is 1.37. The highest BCUT2D eigenvalue weighted by atomic mass is 14.3. The Balaban J connectivity index is 2.27. The minimum absolute atomic E-state index is 0.957. The average Bonchev–Trinajstić information content (AvgIpc) is 1.80. The summed E-state index contributed by atoms with van der Waals surface area (Å²) in [5, 5.41) is 0. The second-order valence-corrected chi connectivity index (χ2v) is 3.07. The summed E-state index contributed by atoms with van der Waals surface area (Å²) in [4.78, 5) is 0. The standard InChI is InChI=1S/C8H12/c1-6-2-3-7-4-5-8(6)7/h6H,2-5H2,1H3/t6-/m1/s1. The Kier molecular flexibility index (Phi) is 0.787. The molecule has 0 aromatic rings. The van der Waals surface area contributed by atoms with Gasteiger partial charge in [0.25, 0.3) is 0 Å². The number of hydrogen-bond acceptors (Lipinski definition) is 0. The van der Waals surface area contributed by atoms with Gasteiger partial charge in [-0.2, -0.15) is 0 Å². The van der Waals surface area contributed by atoms with Crippen LogP contribution in [0.25, 0.3) is 0 Å². The van der Waals surface area contributed by atoms with Gasteiger partial charge < -0.3 is 0 Å². The molecular formula is C8H12. The van der Waals surface area contributed by atoms with Crippen LogP contribution in [0.1, 0.15) is 32.6 Å². The van der Waals surface area contributed by atoms with E-state index >= 15 is 0 Å². The van der Waals surface area contributed by atoms with Gasteiger partial charge in [0.2, 0.25) is 0 Å². The average molecular weight is 108 g/mol. The van der Waals surface area contributed by atoms with Crippen molar-refractivity contribution in [3.63, 3.8) is 0 Å². The second-order valence-electron chi connectivity index (χ2n) is 3.07. The van der Waals surface area contributed by atoms with E-state index < -0.39 is 0 Å². The van der Waals surface area contributed by atoms with Crippen molar-refractivity contribution in [2.24, 2.45) is 5.92 Å². The Labute approximate surface area is 50.6 Å². The first-order chi connectivity index (χ1) is 3.88. The van der Waals surface area contributed by atoms with Gasteiger partial charge >= 0.3 is 0 Å². The van der Waals surface area contributed by atoms with Crippen LogP contribution in [0.4, 0.5) is 0 Å². The molecule has 0 heteroatoms. The Bertz CT molecular complexity index is 142. The van der Waals surface area contributed by atoms with Crippen molar-refractivity contribution >= 4 is 0 Å². The summed E-state index contributed by atoms with van der Waals surface area (Å²) in [6.07, 6.45) is 5.73. The molecule has 2 rings (SSSR count). The van der Waals surface area contributed by atoms with Crippen LogP contribution in [0.3, 0.4) is 0 Å². The Morgan fingerprint density at radius 1 is 1.25 bits per heavy atom. The summed E-state index contributed by atoms with van der Waals surface area (Å²) in [7, 11) is 0. The molecule has 2 aliphatic carbocycles. The van der Waals surface area contributed by atoms with E-state index in [-0.39, 0.29) is 0 Å². The van der Waals surface area contributed by atoms with Crippen LogP contribution in [0, 0.1) is 5.92 Å². The number of rotatable bonds is 0. The number of hydrogen-bond donors (Lipinski definition) is 0. The van der Waals surface area contributed by atoms with E-state index in [0.717, 1.165) is 5.92 Å². The van der Waals surface area contributed by atoms with Gasteiger partial charge in [-0.3, -0.25) is 0 Å². The number of allylic oxidation sites excluding steroid dienone is 2. The quantitative estimate of drug-likeness (QED) is 0.418. The first kappa shape index (κ1) is 4.60. The van der Waals surface area contributed by atoms with Gasteiger partial charge in [-0.15, -0.1) is 0 Å². The predicted molar refractivity (Wildman–Crippen MR) is 34.7 cm³/mol. The largest absolute Gasteiger partial charge is 0.0704 e. The van der Waals surface area contributed by atoms with Crippen molar-refractivity contribution in [2.45, 2.75) is 32.6 Å². The Morgan fingerprint density at radius 3 is 2.38 bits per heavy atom. The summed E-state index contributed by atoms with van der Waals surface area (Å²) in [5.74, 6) is 0.957. The fourth-order valence-corrected chi connectivity index (χ4v) is 1.89. The fraction of sp³-hybridized carbons (Fsp3) is 0.750. The van der Waals surface area contributed by atoms with Crippen LogP contribution in [0.2, 0.25) is 0 Å². The van der Waals surface area contributed by atoms with Gasteiger partial charge in [0.15, 0.2) is 0 Å². The Hall–Kier alpha value is -0.260. The molecule has 2 aliphatic rings. The van der Waals surface area contributed by atoms with Crippen LogP contribution in [-0.4, -0.2) is 0 Å². The van der Waals surface area contributed by atoms with Crippen LogP contribution < -0.4 is 0 Å². The van der Waals surface area contributed by atoms with Crippen molar-refractivity contribution in [2.75, 3.05) is 0 Å². The molecule has 0 N–H and O–H groups in total. The van der Waals surface area contributed by atoms with Crippen LogP contribution >= 0.6 is 0 Å². The first-order valence-corrected chi connectivity index (χ1v) is 3.58. The summed E-state index contributed by atoms with van der Waals surface area (Å²) < 4.78 is 0. The third-order valence-electron chi connectivity index (χ3n) is 2.62. The van der Waals surface area contributed by atoms with E-state index in [4.69, 9.17) is 0 Å². The highest BCUT2D eigenvalue weighted by molar-refractivity contribution is 5.30. The summed E-state index contributed by atoms with van der Waals surface area (Å²) >= 11 is 0. The zero-order valence-electron chi connectivity index (χ0n) is 5.41. The molecule has 0 saturated carbocycles. The lowest BCUT2D eigenvalue weighted by molar-refractivity contribution is 0.646. The summed E-state index contributed by atoms with van der Waals surface area (Å²) in [6, 6.07) is 0. The van der Waals surface area contributed by atoms with E-state index in [1.807, 2.05) is 5.57 Å². The van der Waals surface area contributed by atoms with E-state index in [9.17, 15) is 0 Å². The maximum atomic E-state index is 2.36. The van der Waals surface area contributed by atoms with E-state index in [2.05, 4.69) is 6.92 Å². The third-order valence-corrected chi connectivity index (χ3v) is 2.62. The van der Waals surface area contributed by atoms with Crippen molar-refractivity contribution in [1.82, 2.24) is 0 Å².